The minimum Gasteiger partial charge on any atom is -0.159 e. The van der Waals surface area contributed by atoms with Gasteiger partial charge in [-0.3, -0.25) is 0 Å². The van der Waals surface area contributed by atoms with Crippen LogP contribution in [0.5, 0.6) is 0 Å². The van der Waals surface area contributed by atoms with Crippen LogP contribution in [0.15, 0.2) is 21.9 Å². The molecule has 20 heavy (non-hydrogen) atoms. The fraction of sp³-hybridized carbons (Fsp3) is 0.778. The van der Waals surface area contributed by atoms with Crippen molar-refractivity contribution < 1.29 is 0 Å². The van der Waals surface area contributed by atoms with E-state index in [1.807, 2.05) is 0 Å². The van der Waals surface area contributed by atoms with Gasteiger partial charge in [0.05, 0.1) is 11.4 Å². The van der Waals surface area contributed by atoms with E-state index in [0.717, 1.165) is 0 Å². The lowest BCUT2D eigenvalue weighted by molar-refractivity contribution is 0.501. The quantitative estimate of drug-likeness (QED) is 0.565. The summed E-state index contributed by atoms with van der Waals surface area (Å²) in [4.78, 5) is 0. The molecule has 0 spiro atoms. The van der Waals surface area contributed by atoms with Gasteiger partial charge in [0.15, 0.2) is 0 Å². The monoisotopic (exact) mass is 274 g/mol. The molecule has 1 aliphatic heterocycles. The number of hydrogen-bond acceptors (Lipinski definition) is 2. The lowest BCUT2D eigenvalue weighted by Crippen LogP contribution is -2.38. The van der Waals surface area contributed by atoms with Crippen molar-refractivity contribution in [2.24, 2.45) is 27.0 Å². The maximum absolute atomic E-state index is 4.67. The zero-order valence-electron chi connectivity index (χ0n) is 14.1. The summed E-state index contributed by atoms with van der Waals surface area (Å²) >= 11 is 0. The number of allylic oxidation sites excluding steroid dienone is 2. The van der Waals surface area contributed by atoms with Crippen LogP contribution in [0.1, 0.15) is 73.6 Å². The Balaban J connectivity index is 2.50. The first-order valence-electron chi connectivity index (χ1n) is 8.08. The second-order valence-corrected chi connectivity index (χ2v) is 8.28. The van der Waals surface area contributed by atoms with E-state index in [1.165, 1.54) is 49.1 Å². The highest BCUT2D eigenvalue weighted by atomic mass is 15.2. The van der Waals surface area contributed by atoms with Crippen molar-refractivity contribution in [2.45, 2.75) is 73.6 Å². The Labute approximate surface area is 124 Å². The first kappa shape index (κ1) is 15.5. The van der Waals surface area contributed by atoms with Crippen molar-refractivity contribution in [3.8, 4) is 0 Å². The van der Waals surface area contributed by atoms with Crippen LogP contribution in [0.3, 0.4) is 0 Å². The number of hydrogen-bond donors (Lipinski definition) is 0. The van der Waals surface area contributed by atoms with Gasteiger partial charge in [0.25, 0.3) is 0 Å². The molecule has 2 rings (SSSR count). The largest absolute Gasteiger partial charge is 0.159 e. The van der Waals surface area contributed by atoms with Crippen LogP contribution in [0.2, 0.25) is 0 Å². The summed E-state index contributed by atoms with van der Waals surface area (Å²) in [6.07, 6.45) is 8.85. The van der Waals surface area contributed by atoms with E-state index in [1.54, 1.807) is 0 Å². The summed E-state index contributed by atoms with van der Waals surface area (Å²) in [6.45, 7) is 13.5. The SMILES string of the molecule is CC(C)(C)C1=NN=C(C(C)(C)C)C2CCCCC/C=C/12. The van der Waals surface area contributed by atoms with Crippen molar-refractivity contribution in [1.29, 1.82) is 0 Å². The van der Waals surface area contributed by atoms with Gasteiger partial charge in [-0.25, -0.2) is 0 Å². The molecule has 0 aromatic carbocycles. The molecular formula is C18H30N2. The van der Waals surface area contributed by atoms with E-state index in [4.69, 9.17) is 0 Å². The standard InChI is InChI=1S/C18H30N2/c1-17(2,3)15-13-11-9-7-8-10-12-14(13)16(20-19-15)18(4,5)6/h11,14H,7-10,12H2,1-6H3/b13-11+. The Bertz CT molecular complexity index is 453. The first-order valence-corrected chi connectivity index (χ1v) is 8.08. The molecule has 0 fully saturated rings. The highest BCUT2D eigenvalue weighted by Crippen LogP contribution is 2.39. The number of fused-ring (bicyclic) bond motifs is 1. The lowest BCUT2D eigenvalue weighted by Gasteiger charge is -2.37. The second-order valence-electron chi connectivity index (χ2n) is 8.28. The fourth-order valence-corrected chi connectivity index (χ4v) is 3.26. The Hall–Kier alpha value is -0.920. The van der Waals surface area contributed by atoms with Crippen LogP contribution in [0.4, 0.5) is 0 Å². The van der Waals surface area contributed by atoms with Crippen molar-refractivity contribution in [3.63, 3.8) is 0 Å². The van der Waals surface area contributed by atoms with Gasteiger partial charge in [-0.2, -0.15) is 10.2 Å². The molecule has 0 saturated heterocycles. The highest BCUT2D eigenvalue weighted by molar-refractivity contribution is 6.12. The van der Waals surface area contributed by atoms with Gasteiger partial charge in [0.1, 0.15) is 0 Å². The van der Waals surface area contributed by atoms with Gasteiger partial charge >= 0.3 is 0 Å². The van der Waals surface area contributed by atoms with Gasteiger partial charge in [-0.15, -0.1) is 0 Å². The Morgan fingerprint density at radius 3 is 2.20 bits per heavy atom. The molecule has 0 N–H and O–H groups in total. The molecule has 0 amide bonds. The summed E-state index contributed by atoms with van der Waals surface area (Å²) in [5, 5.41) is 9.31. The molecule has 1 unspecified atom stereocenters. The van der Waals surface area contributed by atoms with Crippen LogP contribution in [0.25, 0.3) is 0 Å². The zero-order chi connectivity index (χ0) is 15.0. The van der Waals surface area contributed by atoms with E-state index < -0.39 is 0 Å². The molecule has 1 aliphatic carbocycles. The van der Waals surface area contributed by atoms with E-state index >= 15 is 0 Å². The normalized spacial score (nSPS) is 27.5. The topological polar surface area (TPSA) is 24.7 Å². The molecule has 1 heterocycles. The molecule has 0 saturated carbocycles. The van der Waals surface area contributed by atoms with Crippen molar-refractivity contribution in [2.75, 3.05) is 0 Å². The van der Waals surface area contributed by atoms with Crippen LogP contribution < -0.4 is 0 Å². The predicted molar refractivity (Wildman–Crippen MR) is 88.4 cm³/mol. The predicted octanol–water partition coefficient (Wildman–Crippen LogP) is 5.40. The van der Waals surface area contributed by atoms with Crippen molar-refractivity contribution in [1.82, 2.24) is 0 Å². The molecule has 1 atom stereocenters. The minimum absolute atomic E-state index is 0.0796. The summed E-state index contributed by atoms with van der Waals surface area (Å²) in [5.74, 6) is 0.488. The number of nitrogens with zero attached hydrogens (tertiary/aromatic N) is 2. The summed E-state index contributed by atoms with van der Waals surface area (Å²) in [5.41, 5.74) is 4.14. The van der Waals surface area contributed by atoms with Crippen LogP contribution in [-0.4, -0.2) is 11.4 Å². The van der Waals surface area contributed by atoms with E-state index in [0.29, 0.717) is 5.92 Å². The Morgan fingerprint density at radius 1 is 0.900 bits per heavy atom. The van der Waals surface area contributed by atoms with Gasteiger partial charge in [-0.1, -0.05) is 60.5 Å². The van der Waals surface area contributed by atoms with Crippen LogP contribution in [-0.2, 0) is 0 Å². The molecular weight excluding hydrogens is 244 g/mol. The van der Waals surface area contributed by atoms with Crippen molar-refractivity contribution in [3.05, 3.63) is 11.6 Å². The zero-order valence-corrected chi connectivity index (χ0v) is 14.1. The molecule has 0 radical (unpaired) electrons. The van der Waals surface area contributed by atoms with E-state index in [2.05, 4.69) is 57.8 Å². The van der Waals surface area contributed by atoms with Gasteiger partial charge in [-0.05, 0) is 24.8 Å². The molecule has 112 valence electrons. The average Bonchev–Trinajstić information content (AvgIpc) is 2.25. The number of rotatable bonds is 0. The summed E-state index contributed by atoms with van der Waals surface area (Å²) < 4.78 is 0. The Morgan fingerprint density at radius 2 is 1.60 bits per heavy atom. The highest BCUT2D eigenvalue weighted by Gasteiger charge is 2.37. The smallest absolute Gasteiger partial charge is 0.0719 e. The molecule has 0 bridgehead atoms. The Kier molecular flexibility index (Phi) is 4.22. The fourth-order valence-electron chi connectivity index (χ4n) is 3.26. The second kappa shape index (κ2) is 5.46. The van der Waals surface area contributed by atoms with Gasteiger partial charge in [0, 0.05) is 16.7 Å². The third-order valence-electron chi connectivity index (χ3n) is 4.28. The maximum Gasteiger partial charge on any atom is 0.0719 e. The molecule has 0 aromatic rings. The summed E-state index contributed by atoms with van der Waals surface area (Å²) in [7, 11) is 0. The molecule has 2 aliphatic rings. The summed E-state index contributed by atoms with van der Waals surface area (Å²) in [6, 6.07) is 0. The third kappa shape index (κ3) is 3.21. The third-order valence-corrected chi connectivity index (χ3v) is 4.28. The minimum atomic E-state index is 0.0796. The van der Waals surface area contributed by atoms with Crippen LogP contribution >= 0.6 is 0 Å². The van der Waals surface area contributed by atoms with Crippen molar-refractivity contribution >= 4 is 11.4 Å². The lowest BCUT2D eigenvalue weighted by atomic mass is 9.70. The van der Waals surface area contributed by atoms with Crippen LogP contribution in [0, 0.1) is 16.7 Å². The van der Waals surface area contributed by atoms with E-state index in [9.17, 15) is 0 Å². The van der Waals surface area contributed by atoms with E-state index in [-0.39, 0.29) is 10.8 Å². The molecule has 2 heteroatoms. The first-order chi connectivity index (χ1) is 9.21. The van der Waals surface area contributed by atoms with Gasteiger partial charge < -0.3 is 0 Å². The van der Waals surface area contributed by atoms with Gasteiger partial charge in [0.2, 0.25) is 0 Å². The maximum atomic E-state index is 4.67. The molecule has 0 aromatic heterocycles. The molecule has 2 nitrogen and oxygen atoms in total. The average molecular weight is 274 g/mol.